The van der Waals surface area contributed by atoms with Crippen LogP contribution in [0.2, 0.25) is 0 Å². The Morgan fingerprint density at radius 1 is 1.26 bits per heavy atom. The molecule has 1 aromatic rings. The van der Waals surface area contributed by atoms with Crippen molar-refractivity contribution >= 4 is 15.9 Å². The van der Waals surface area contributed by atoms with Crippen molar-refractivity contribution in [1.82, 2.24) is 14.7 Å². The molecule has 0 radical (unpaired) electrons. The SMILES string of the molecule is CCN(Cc1c(Br)c(C)nn1CC)C1CCCCC1. The lowest BCUT2D eigenvalue weighted by Gasteiger charge is -2.33. The lowest BCUT2D eigenvalue weighted by Crippen LogP contribution is -2.36. The number of aryl methyl sites for hydroxylation is 2. The number of rotatable bonds is 5. The van der Waals surface area contributed by atoms with Crippen LogP contribution in [-0.2, 0) is 13.1 Å². The number of aromatic nitrogens is 2. The van der Waals surface area contributed by atoms with Crippen molar-refractivity contribution in [3.05, 3.63) is 15.9 Å². The van der Waals surface area contributed by atoms with Crippen molar-refractivity contribution in [2.24, 2.45) is 0 Å². The average molecular weight is 328 g/mol. The molecule has 2 rings (SSSR count). The lowest BCUT2D eigenvalue weighted by molar-refractivity contribution is 0.151. The van der Waals surface area contributed by atoms with E-state index in [1.165, 1.54) is 42.3 Å². The number of hydrogen-bond acceptors (Lipinski definition) is 2. The van der Waals surface area contributed by atoms with E-state index in [4.69, 9.17) is 0 Å². The zero-order valence-electron chi connectivity index (χ0n) is 12.5. The Hall–Kier alpha value is -0.350. The van der Waals surface area contributed by atoms with Gasteiger partial charge in [-0.3, -0.25) is 9.58 Å². The minimum Gasteiger partial charge on any atom is -0.295 e. The molecule has 19 heavy (non-hydrogen) atoms. The summed E-state index contributed by atoms with van der Waals surface area (Å²) in [6.07, 6.45) is 6.95. The Balaban J connectivity index is 2.13. The smallest absolute Gasteiger partial charge is 0.0739 e. The van der Waals surface area contributed by atoms with Gasteiger partial charge in [-0.1, -0.05) is 26.2 Å². The molecule has 3 nitrogen and oxygen atoms in total. The summed E-state index contributed by atoms with van der Waals surface area (Å²) in [6, 6.07) is 0.770. The van der Waals surface area contributed by atoms with Gasteiger partial charge >= 0.3 is 0 Å². The molecule has 1 aromatic heterocycles. The van der Waals surface area contributed by atoms with E-state index in [1.54, 1.807) is 0 Å². The monoisotopic (exact) mass is 327 g/mol. The minimum atomic E-state index is 0.770. The van der Waals surface area contributed by atoms with Crippen molar-refractivity contribution in [1.29, 1.82) is 0 Å². The lowest BCUT2D eigenvalue weighted by atomic mass is 9.94. The van der Waals surface area contributed by atoms with Gasteiger partial charge in [0.25, 0.3) is 0 Å². The van der Waals surface area contributed by atoms with E-state index < -0.39 is 0 Å². The molecule has 1 aliphatic carbocycles. The van der Waals surface area contributed by atoms with Gasteiger partial charge in [-0.2, -0.15) is 5.10 Å². The summed E-state index contributed by atoms with van der Waals surface area (Å²) < 4.78 is 3.34. The van der Waals surface area contributed by atoms with E-state index >= 15 is 0 Å². The first-order valence-corrected chi connectivity index (χ1v) is 8.42. The molecule has 4 heteroatoms. The number of halogens is 1. The van der Waals surface area contributed by atoms with E-state index in [-0.39, 0.29) is 0 Å². The van der Waals surface area contributed by atoms with E-state index in [0.29, 0.717) is 0 Å². The zero-order valence-corrected chi connectivity index (χ0v) is 14.0. The van der Waals surface area contributed by atoms with Crippen molar-refractivity contribution in [2.45, 2.75) is 72.0 Å². The summed E-state index contributed by atoms with van der Waals surface area (Å²) in [5.41, 5.74) is 2.45. The molecular weight excluding hydrogens is 302 g/mol. The van der Waals surface area contributed by atoms with Crippen molar-refractivity contribution in [3.8, 4) is 0 Å². The second-order valence-corrected chi connectivity index (χ2v) is 6.31. The molecule has 0 aromatic carbocycles. The van der Waals surface area contributed by atoms with Crippen LogP contribution < -0.4 is 0 Å². The van der Waals surface area contributed by atoms with Gasteiger partial charge in [0, 0.05) is 19.1 Å². The Kier molecular flexibility index (Phi) is 5.46. The molecule has 0 spiro atoms. The number of hydrogen-bond donors (Lipinski definition) is 0. The van der Waals surface area contributed by atoms with Crippen LogP contribution in [0.15, 0.2) is 4.47 Å². The molecule has 1 saturated carbocycles. The van der Waals surface area contributed by atoms with Gasteiger partial charge in [0.2, 0.25) is 0 Å². The normalized spacial score (nSPS) is 17.3. The summed E-state index contributed by atoms with van der Waals surface area (Å²) >= 11 is 3.71. The van der Waals surface area contributed by atoms with Crippen molar-refractivity contribution in [3.63, 3.8) is 0 Å². The predicted molar refractivity (Wildman–Crippen MR) is 83.3 cm³/mol. The predicted octanol–water partition coefficient (Wildman–Crippen LogP) is 4.13. The van der Waals surface area contributed by atoms with Gasteiger partial charge < -0.3 is 0 Å². The van der Waals surface area contributed by atoms with Gasteiger partial charge in [0.05, 0.1) is 15.9 Å². The van der Waals surface area contributed by atoms with Crippen LogP contribution in [0, 0.1) is 6.92 Å². The van der Waals surface area contributed by atoms with Crippen LogP contribution in [0.1, 0.15) is 57.3 Å². The summed E-state index contributed by atoms with van der Waals surface area (Å²) in [6.45, 7) is 9.63. The largest absolute Gasteiger partial charge is 0.295 e. The topological polar surface area (TPSA) is 21.1 Å². The highest BCUT2D eigenvalue weighted by molar-refractivity contribution is 9.10. The van der Waals surface area contributed by atoms with Crippen LogP contribution in [0.5, 0.6) is 0 Å². The molecule has 0 aliphatic heterocycles. The summed E-state index contributed by atoms with van der Waals surface area (Å²) in [5, 5.41) is 4.60. The highest BCUT2D eigenvalue weighted by atomic mass is 79.9. The van der Waals surface area contributed by atoms with Crippen LogP contribution in [-0.4, -0.2) is 27.3 Å². The van der Waals surface area contributed by atoms with E-state index in [2.05, 4.69) is 51.4 Å². The first-order chi connectivity index (χ1) is 9.17. The molecule has 0 unspecified atom stereocenters. The highest BCUT2D eigenvalue weighted by Crippen LogP contribution is 2.27. The highest BCUT2D eigenvalue weighted by Gasteiger charge is 2.22. The standard InChI is InChI=1S/C15H26BrN3/c1-4-18(13-9-7-6-8-10-13)11-14-15(16)12(3)17-19(14)5-2/h13H,4-11H2,1-3H3. The quantitative estimate of drug-likeness (QED) is 0.810. The Labute approximate surface area is 125 Å². The second kappa shape index (κ2) is 6.89. The molecule has 108 valence electrons. The maximum absolute atomic E-state index is 4.60. The molecule has 1 heterocycles. The van der Waals surface area contributed by atoms with Crippen molar-refractivity contribution < 1.29 is 0 Å². The molecule has 0 atom stereocenters. The average Bonchev–Trinajstić information content (AvgIpc) is 2.72. The van der Waals surface area contributed by atoms with Crippen LogP contribution in [0.25, 0.3) is 0 Å². The van der Waals surface area contributed by atoms with Gasteiger partial charge in [-0.25, -0.2) is 0 Å². The number of nitrogens with zero attached hydrogens (tertiary/aromatic N) is 3. The molecule has 1 fully saturated rings. The molecule has 0 amide bonds. The van der Waals surface area contributed by atoms with Gasteiger partial charge in [-0.05, 0) is 49.2 Å². The van der Waals surface area contributed by atoms with Crippen LogP contribution in [0.3, 0.4) is 0 Å². The van der Waals surface area contributed by atoms with Crippen LogP contribution >= 0.6 is 15.9 Å². The Morgan fingerprint density at radius 3 is 2.53 bits per heavy atom. The molecular formula is C15H26BrN3. The molecule has 1 aliphatic rings. The van der Waals surface area contributed by atoms with E-state index in [0.717, 1.165) is 31.4 Å². The first-order valence-electron chi connectivity index (χ1n) is 7.63. The third-order valence-electron chi connectivity index (χ3n) is 4.30. The van der Waals surface area contributed by atoms with Gasteiger partial charge in [0.15, 0.2) is 0 Å². The van der Waals surface area contributed by atoms with E-state index in [9.17, 15) is 0 Å². The van der Waals surface area contributed by atoms with E-state index in [1.807, 2.05) is 0 Å². The summed E-state index contributed by atoms with van der Waals surface area (Å²) in [7, 11) is 0. The van der Waals surface area contributed by atoms with Gasteiger partial charge in [-0.15, -0.1) is 0 Å². The molecule has 0 bridgehead atoms. The van der Waals surface area contributed by atoms with Crippen LogP contribution in [0.4, 0.5) is 0 Å². The summed E-state index contributed by atoms with van der Waals surface area (Å²) in [4.78, 5) is 2.63. The van der Waals surface area contributed by atoms with Crippen molar-refractivity contribution in [2.75, 3.05) is 6.54 Å². The molecule has 0 N–H and O–H groups in total. The fourth-order valence-corrected chi connectivity index (χ4v) is 3.57. The third kappa shape index (κ3) is 3.40. The Morgan fingerprint density at radius 2 is 1.95 bits per heavy atom. The summed E-state index contributed by atoms with van der Waals surface area (Å²) in [5.74, 6) is 0. The fourth-order valence-electron chi connectivity index (χ4n) is 3.16. The maximum Gasteiger partial charge on any atom is 0.0739 e. The first kappa shape index (κ1) is 15.0. The maximum atomic E-state index is 4.60. The third-order valence-corrected chi connectivity index (χ3v) is 5.33. The zero-order chi connectivity index (χ0) is 13.8. The fraction of sp³-hybridized carbons (Fsp3) is 0.800. The van der Waals surface area contributed by atoms with Gasteiger partial charge in [0.1, 0.15) is 0 Å². The second-order valence-electron chi connectivity index (χ2n) is 5.52. The minimum absolute atomic E-state index is 0.770. The Bertz CT molecular complexity index is 408. The molecule has 0 saturated heterocycles.